The summed E-state index contributed by atoms with van der Waals surface area (Å²) in [6, 6.07) is 0. The highest BCUT2D eigenvalue weighted by Gasteiger charge is 2.43. The van der Waals surface area contributed by atoms with Gasteiger partial charge in [0.15, 0.2) is 0 Å². The number of carboxylic acid groups (broad SMARTS) is 1. The lowest BCUT2D eigenvalue weighted by Crippen LogP contribution is -2.50. The molecule has 1 fully saturated rings. The van der Waals surface area contributed by atoms with Gasteiger partial charge in [-0.05, 0) is 19.3 Å². The molecule has 6 nitrogen and oxygen atoms in total. The number of carbonyl (C=O) groups excluding carboxylic acids is 1. The van der Waals surface area contributed by atoms with Crippen LogP contribution >= 0.6 is 0 Å². The van der Waals surface area contributed by atoms with Crippen molar-refractivity contribution in [2.75, 3.05) is 13.1 Å². The van der Waals surface area contributed by atoms with Crippen LogP contribution in [-0.4, -0.2) is 44.5 Å². The number of aryl methyl sites for hydroxylation is 1. The number of amides is 1. The summed E-state index contributed by atoms with van der Waals surface area (Å²) in [7, 11) is 1.80. The van der Waals surface area contributed by atoms with Gasteiger partial charge in [-0.25, -0.2) is 4.98 Å². The molecule has 20 heavy (non-hydrogen) atoms. The Labute approximate surface area is 118 Å². The number of rotatable bonds is 4. The van der Waals surface area contributed by atoms with E-state index in [0.29, 0.717) is 25.1 Å². The molecule has 1 amide bonds. The summed E-state index contributed by atoms with van der Waals surface area (Å²) >= 11 is 0. The Bertz CT molecular complexity index is 508. The molecule has 2 rings (SSSR count). The molecule has 1 aromatic heterocycles. The van der Waals surface area contributed by atoms with E-state index in [-0.39, 0.29) is 12.5 Å². The zero-order valence-corrected chi connectivity index (χ0v) is 12.0. The van der Waals surface area contributed by atoms with Gasteiger partial charge in [0, 0.05) is 26.3 Å². The molecule has 1 N–H and O–H groups in total. The fourth-order valence-electron chi connectivity index (χ4n) is 2.95. The minimum atomic E-state index is -0.794. The van der Waals surface area contributed by atoms with Crippen LogP contribution in [0.1, 0.15) is 43.1 Å². The zero-order valence-electron chi connectivity index (χ0n) is 12.0. The third-order valence-corrected chi connectivity index (χ3v) is 3.97. The molecule has 0 aromatic carbocycles. The second kappa shape index (κ2) is 5.64. The Morgan fingerprint density at radius 2 is 2.25 bits per heavy atom. The SMILES string of the molecule is CCCC1(C(=O)O)CCCN(C(=O)c2cn(C)cn2)C1. The van der Waals surface area contributed by atoms with E-state index in [0.717, 1.165) is 12.8 Å². The molecule has 0 saturated carbocycles. The number of carboxylic acids is 1. The molecule has 6 heteroatoms. The van der Waals surface area contributed by atoms with Gasteiger partial charge < -0.3 is 14.6 Å². The standard InChI is InChI=1S/C14H21N3O3/c1-3-5-14(13(19)20)6-4-7-17(9-14)12(18)11-8-16(2)10-15-11/h8,10H,3-7,9H2,1-2H3,(H,19,20). The van der Waals surface area contributed by atoms with Crippen molar-refractivity contribution < 1.29 is 14.7 Å². The van der Waals surface area contributed by atoms with Crippen molar-refractivity contribution >= 4 is 11.9 Å². The first-order valence-corrected chi connectivity index (χ1v) is 6.99. The largest absolute Gasteiger partial charge is 0.481 e. The van der Waals surface area contributed by atoms with Gasteiger partial charge in [-0.1, -0.05) is 13.3 Å². The van der Waals surface area contributed by atoms with Crippen LogP contribution in [-0.2, 0) is 11.8 Å². The van der Waals surface area contributed by atoms with E-state index >= 15 is 0 Å². The number of aromatic nitrogens is 2. The number of hydrogen-bond acceptors (Lipinski definition) is 3. The van der Waals surface area contributed by atoms with Crippen LogP contribution in [0.4, 0.5) is 0 Å². The van der Waals surface area contributed by atoms with Gasteiger partial charge >= 0.3 is 5.97 Å². The van der Waals surface area contributed by atoms with Gasteiger partial charge in [0.1, 0.15) is 5.69 Å². The summed E-state index contributed by atoms with van der Waals surface area (Å²) in [4.78, 5) is 29.7. The van der Waals surface area contributed by atoms with Crippen molar-refractivity contribution in [2.45, 2.75) is 32.6 Å². The maximum atomic E-state index is 12.4. The Balaban J connectivity index is 2.17. The molecule has 2 heterocycles. The Hall–Kier alpha value is -1.85. The van der Waals surface area contributed by atoms with Gasteiger partial charge in [0.2, 0.25) is 0 Å². The van der Waals surface area contributed by atoms with Crippen LogP contribution in [0.5, 0.6) is 0 Å². The van der Waals surface area contributed by atoms with Crippen LogP contribution in [0.25, 0.3) is 0 Å². The van der Waals surface area contributed by atoms with Gasteiger partial charge in [0.25, 0.3) is 5.91 Å². The molecule has 0 radical (unpaired) electrons. The number of piperidine rings is 1. The molecule has 110 valence electrons. The van der Waals surface area contributed by atoms with Crippen molar-refractivity contribution in [3.8, 4) is 0 Å². The highest BCUT2D eigenvalue weighted by molar-refractivity contribution is 5.92. The first-order chi connectivity index (χ1) is 9.48. The molecule has 1 saturated heterocycles. The summed E-state index contributed by atoms with van der Waals surface area (Å²) in [5, 5.41) is 9.54. The van der Waals surface area contributed by atoms with E-state index in [4.69, 9.17) is 0 Å². The van der Waals surface area contributed by atoms with Crippen molar-refractivity contribution in [3.05, 3.63) is 18.2 Å². The normalized spacial score (nSPS) is 22.8. The first-order valence-electron chi connectivity index (χ1n) is 6.99. The quantitative estimate of drug-likeness (QED) is 0.906. The molecule has 0 aliphatic carbocycles. The second-order valence-corrected chi connectivity index (χ2v) is 5.59. The third kappa shape index (κ3) is 2.69. The maximum absolute atomic E-state index is 12.4. The van der Waals surface area contributed by atoms with Gasteiger partial charge in [-0.3, -0.25) is 9.59 Å². The second-order valence-electron chi connectivity index (χ2n) is 5.59. The number of hydrogen-bond donors (Lipinski definition) is 1. The number of nitrogens with zero attached hydrogens (tertiary/aromatic N) is 3. The number of carbonyl (C=O) groups is 2. The van der Waals surface area contributed by atoms with Crippen molar-refractivity contribution in [2.24, 2.45) is 12.5 Å². The monoisotopic (exact) mass is 279 g/mol. The molecular weight excluding hydrogens is 258 g/mol. The van der Waals surface area contributed by atoms with E-state index in [1.807, 2.05) is 6.92 Å². The zero-order chi connectivity index (χ0) is 14.8. The number of likely N-dealkylation sites (tertiary alicyclic amines) is 1. The van der Waals surface area contributed by atoms with E-state index in [1.165, 1.54) is 0 Å². The molecule has 1 aromatic rings. The smallest absolute Gasteiger partial charge is 0.311 e. The lowest BCUT2D eigenvalue weighted by atomic mass is 9.76. The minimum Gasteiger partial charge on any atom is -0.481 e. The van der Waals surface area contributed by atoms with Crippen LogP contribution in [0.15, 0.2) is 12.5 Å². The topological polar surface area (TPSA) is 75.4 Å². The van der Waals surface area contributed by atoms with Crippen LogP contribution < -0.4 is 0 Å². The van der Waals surface area contributed by atoms with Crippen LogP contribution in [0.2, 0.25) is 0 Å². The predicted octanol–water partition coefficient (Wildman–Crippen LogP) is 1.53. The van der Waals surface area contributed by atoms with Crippen molar-refractivity contribution in [1.29, 1.82) is 0 Å². The minimum absolute atomic E-state index is 0.174. The Morgan fingerprint density at radius 3 is 2.80 bits per heavy atom. The summed E-state index contributed by atoms with van der Waals surface area (Å²) in [5.74, 6) is -0.968. The molecule has 1 unspecified atom stereocenters. The Kier molecular flexibility index (Phi) is 4.11. The fraction of sp³-hybridized carbons (Fsp3) is 0.643. The number of imidazole rings is 1. The van der Waals surface area contributed by atoms with E-state index in [1.54, 1.807) is 29.0 Å². The lowest BCUT2D eigenvalue weighted by Gasteiger charge is -2.39. The highest BCUT2D eigenvalue weighted by atomic mass is 16.4. The van der Waals surface area contributed by atoms with Gasteiger partial charge in [-0.15, -0.1) is 0 Å². The number of aliphatic carboxylic acids is 1. The van der Waals surface area contributed by atoms with Crippen LogP contribution in [0, 0.1) is 5.41 Å². The molecule has 1 aliphatic rings. The van der Waals surface area contributed by atoms with E-state index in [2.05, 4.69) is 4.98 Å². The average Bonchev–Trinajstić information content (AvgIpc) is 2.85. The third-order valence-electron chi connectivity index (χ3n) is 3.97. The van der Waals surface area contributed by atoms with Gasteiger partial charge in [0.05, 0.1) is 11.7 Å². The summed E-state index contributed by atoms with van der Waals surface area (Å²) in [5.41, 5.74) is -0.414. The summed E-state index contributed by atoms with van der Waals surface area (Å²) < 4.78 is 1.72. The molecule has 1 atom stereocenters. The van der Waals surface area contributed by atoms with Crippen molar-refractivity contribution in [3.63, 3.8) is 0 Å². The highest BCUT2D eigenvalue weighted by Crippen LogP contribution is 2.35. The summed E-state index contributed by atoms with van der Waals surface area (Å²) in [6.45, 7) is 2.87. The van der Waals surface area contributed by atoms with E-state index < -0.39 is 11.4 Å². The fourth-order valence-corrected chi connectivity index (χ4v) is 2.95. The molecule has 0 spiro atoms. The first kappa shape index (κ1) is 14.6. The maximum Gasteiger partial charge on any atom is 0.311 e. The molecular formula is C14H21N3O3. The predicted molar refractivity (Wildman–Crippen MR) is 73.3 cm³/mol. The average molecular weight is 279 g/mol. The Morgan fingerprint density at radius 1 is 1.50 bits per heavy atom. The lowest BCUT2D eigenvalue weighted by molar-refractivity contribution is -0.152. The molecule has 0 bridgehead atoms. The molecule has 1 aliphatic heterocycles. The summed E-state index contributed by atoms with van der Waals surface area (Å²) in [6.07, 6.45) is 6.02. The van der Waals surface area contributed by atoms with Crippen LogP contribution in [0.3, 0.4) is 0 Å². The van der Waals surface area contributed by atoms with E-state index in [9.17, 15) is 14.7 Å². The van der Waals surface area contributed by atoms with Gasteiger partial charge in [-0.2, -0.15) is 0 Å². The van der Waals surface area contributed by atoms with Crippen molar-refractivity contribution in [1.82, 2.24) is 14.5 Å².